The van der Waals surface area contributed by atoms with Crippen molar-refractivity contribution >= 4 is 17.0 Å². The van der Waals surface area contributed by atoms with Gasteiger partial charge < -0.3 is 24.7 Å². The van der Waals surface area contributed by atoms with Gasteiger partial charge in [-0.2, -0.15) is 0 Å². The molecule has 1 fully saturated rings. The molecule has 2 amide bonds. The lowest BCUT2D eigenvalue weighted by Gasteiger charge is -2.29. The summed E-state index contributed by atoms with van der Waals surface area (Å²) in [5, 5.41) is 7.08. The van der Waals surface area contributed by atoms with E-state index in [1.807, 2.05) is 32.0 Å². The number of fused-ring (bicyclic) bond motifs is 1. The predicted molar refractivity (Wildman–Crippen MR) is 98.1 cm³/mol. The molecule has 0 radical (unpaired) electrons. The second-order valence-corrected chi connectivity index (χ2v) is 6.87. The smallest absolute Gasteiger partial charge is 0.315 e. The number of benzene rings is 1. The lowest BCUT2D eigenvalue weighted by molar-refractivity contribution is 0.211. The minimum atomic E-state index is -0.204. The fourth-order valence-corrected chi connectivity index (χ4v) is 3.40. The number of rotatable bonds is 4. The van der Waals surface area contributed by atoms with E-state index in [1.165, 1.54) is 0 Å². The van der Waals surface area contributed by atoms with Gasteiger partial charge in [0.1, 0.15) is 17.1 Å². The maximum absolute atomic E-state index is 12.3. The van der Waals surface area contributed by atoms with Crippen LogP contribution in [0.5, 0.6) is 5.75 Å². The first kappa shape index (κ1) is 17.6. The van der Waals surface area contributed by atoms with Gasteiger partial charge in [-0.3, -0.25) is 0 Å². The van der Waals surface area contributed by atoms with E-state index in [0.29, 0.717) is 0 Å². The molecule has 2 aromatic rings. The van der Waals surface area contributed by atoms with Crippen molar-refractivity contribution in [2.75, 3.05) is 27.2 Å². The summed E-state index contributed by atoms with van der Waals surface area (Å²) >= 11 is 0. The van der Waals surface area contributed by atoms with Crippen molar-refractivity contribution in [3.8, 4) is 5.75 Å². The Morgan fingerprint density at radius 2 is 2.08 bits per heavy atom. The van der Waals surface area contributed by atoms with Crippen LogP contribution in [0.1, 0.15) is 37.1 Å². The van der Waals surface area contributed by atoms with Gasteiger partial charge in [-0.25, -0.2) is 4.79 Å². The summed E-state index contributed by atoms with van der Waals surface area (Å²) in [5.41, 5.74) is 1.83. The molecule has 0 aliphatic carbocycles. The topological polar surface area (TPSA) is 66.7 Å². The fourth-order valence-electron chi connectivity index (χ4n) is 3.40. The maximum Gasteiger partial charge on any atom is 0.315 e. The number of nitrogens with one attached hydrogen (secondary N) is 2. The molecule has 0 spiro atoms. The van der Waals surface area contributed by atoms with Crippen LogP contribution >= 0.6 is 0 Å². The number of carbonyl (C=O) groups is 1. The molecule has 1 aliphatic heterocycles. The van der Waals surface area contributed by atoms with E-state index in [9.17, 15) is 4.79 Å². The summed E-state index contributed by atoms with van der Waals surface area (Å²) in [7, 11) is 3.76. The van der Waals surface area contributed by atoms with Crippen LogP contribution in [0.4, 0.5) is 4.79 Å². The molecule has 1 aromatic heterocycles. The van der Waals surface area contributed by atoms with Gasteiger partial charge in [0.2, 0.25) is 0 Å². The Bertz CT molecular complexity index is 748. The van der Waals surface area contributed by atoms with Crippen LogP contribution in [-0.4, -0.2) is 44.2 Å². The van der Waals surface area contributed by atoms with Gasteiger partial charge in [0.25, 0.3) is 0 Å². The molecular formula is C19H27N3O3. The average molecular weight is 345 g/mol. The quantitative estimate of drug-likeness (QED) is 0.893. The largest absolute Gasteiger partial charge is 0.497 e. The van der Waals surface area contributed by atoms with Crippen LogP contribution < -0.4 is 15.4 Å². The van der Waals surface area contributed by atoms with Crippen LogP contribution in [0, 0.1) is 6.92 Å². The van der Waals surface area contributed by atoms with Gasteiger partial charge in [0.15, 0.2) is 0 Å². The molecule has 6 heteroatoms. The van der Waals surface area contributed by atoms with Crippen LogP contribution in [-0.2, 0) is 0 Å². The van der Waals surface area contributed by atoms with E-state index in [0.717, 1.165) is 54.0 Å². The number of nitrogens with zero attached hydrogens (tertiary/aromatic N) is 1. The monoisotopic (exact) mass is 345 g/mol. The molecule has 1 aliphatic rings. The molecule has 1 saturated heterocycles. The summed E-state index contributed by atoms with van der Waals surface area (Å²) in [6.07, 6.45) is 1.98. The number of urea groups is 1. The van der Waals surface area contributed by atoms with Crippen molar-refractivity contribution in [1.82, 2.24) is 15.5 Å². The predicted octanol–water partition coefficient (Wildman–Crippen LogP) is 3.20. The first-order valence-corrected chi connectivity index (χ1v) is 8.80. The third kappa shape index (κ3) is 3.90. The Kier molecular flexibility index (Phi) is 5.18. The van der Waals surface area contributed by atoms with E-state index >= 15 is 0 Å². The Labute approximate surface area is 148 Å². The highest BCUT2D eigenvalue weighted by molar-refractivity contribution is 5.84. The van der Waals surface area contributed by atoms with Gasteiger partial charge in [-0.15, -0.1) is 0 Å². The Morgan fingerprint density at radius 1 is 1.36 bits per heavy atom. The average Bonchev–Trinajstić information content (AvgIpc) is 2.93. The number of aryl methyl sites for hydroxylation is 1. The first-order valence-electron chi connectivity index (χ1n) is 8.80. The molecule has 136 valence electrons. The lowest BCUT2D eigenvalue weighted by Crippen LogP contribution is -2.47. The summed E-state index contributed by atoms with van der Waals surface area (Å²) < 4.78 is 11.2. The number of carbonyl (C=O) groups excluding carboxylic acids is 1. The summed E-state index contributed by atoms with van der Waals surface area (Å²) in [5.74, 6) is 1.57. The number of hydrogen-bond donors (Lipinski definition) is 2. The number of amides is 2. The number of methoxy groups -OCH3 is 1. The normalized spacial score (nSPS) is 17.4. The number of furan rings is 1. The summed E-state index contributed by atoms with van der Waals surface area (Å²) in [4.78, 5) is 14.6. The number of ether oxygens (including phenoxy) is 1. The molecule has 6 nitrogen and oxygen atoms in total. The SMILES string of the molecule is COc1ccc2oc([C@@H](C)NC(=O)NC3CCN(C)CC3)c(C)c2c1. The molecule has 2 N–H and O–H groups in total. The molecule has 0 saturated carbocycles. The van der Waals surface area contributed by atoms with Crippen molar-refractivity contribution in [1.29, 1.82) is 0 Å². The molecular weight excluding hydrogens is 318 g/mol. The van der Waals surface area contributed by atoms with Crippen molar-refractivity contribution in [3.05, 3.63) is 29.5 Å². The molecule has 0 bridgehead atoms. The Morgan fingerprint density at radius 3 is 2.76 bits per heavy atom. The third-order valence-corrected chi connectivity index (χ3v) is 4.97. The summed E-state index contributed by atoms with van der Waals surface area (Å²) in [6.45, 7) is 5.99. The number of hydrogen-bond acceptors (Lipinski definition) is 4. The van der Waals surface area contributed by atoms with Gasteiger partial charge in [0, 0.05) is 17.0 Å². The van der Waals surface area contributed by atoms with E-state index in [1.54, 1.807) is 7.11 Å². The van der Waals surface area contributed by atoms with E-state index in [-0.39, 0.29) is 18.1 Å². The van der Waals surface area contributed by atoms with Gasteiger partial charge in [0.05, 0.1) is 13.2 Å². The number of likely N-dealkylation sites (tertiary alicyclic amines) is 1. The highest BCUT2D eigenvalue weighted by atomic mass is 16.5. The zero-order chi connectivity index (χ0) is 18.0. The van der Waals surface area contributed by atoms with Crippen molar-refractivity contribution in [2.24, 2.45) is 0 Å². The zero-order valence-corrected chi connectivity index (χ0v) is 15.4. The lowest BCUT2D eigenvalue weighted by atomic mass is 10.1. The third-order valence-electron chi connectivity index (χ3n) is 4.97. The second-order valence-electron chi connectivity index (χ2n) is 6.87. The first-order chi connectivity index (χ1) is 12.0. The fraction of sp³-hybridized carbons (Fsp3) is 0.526. The zero-order valence-electron chi connectivity index (χ0n) is 15.4. The highest BCUT2D eigenvalue weighted by Gasteiger charge is 2.22. The maximum atomic E-state index is 12.3. The van der Waals surface area contributed by atoms with Crippen LogP contribution in [0.2, 0.25) is 0 Å². The standard InChI is InChI=1S/C19H27N3O3/c1-12-16-11-15(24-4)5-6-17(16)25-18(12)13(2)20-19(23)21-14-7-9-22(3)10-8-14/h5-6,11,13-14H,7-10H2,1-4H3,(H2,20,21,23)/t13-/m1/s1. The molecule has 0 unspecified atom stereocenters. The molecule has 1 aromatic carbocycles. The van der Waals surface area contributed by atoms with E-state index in [2.05, 4.69) is 22.6 Å². The Balaban J connectivity index is 1.66. The minimum Gasteiger partial charge on any atom is -0.497 e. The number of piperidine rings is 1. The van der Waals surface area contributed by atoms with Crippen LogP contribution in [0.3, 0.4) is 0 Å². The summed E-state index contributed by atoms with van der Waals surface area (Å²) in [6, 6.07) is 5.63. The van der Waals surface area contributed by atoms with E-state index in [4.69, 9.17) is 9.15 Å². The van der Waals surface area contributed by atoms with Crippen molar-refractivity contribution < 1.29 is 13.9 Å². The molecule has 25 heavy (non-hydrogen) atoms. The van der Waals surface area contributed by atoms with Crippen molar-refractivity contribution in [2.45, 2.75) is 38.8 Å². The van der Waals surface area contributed by atoms with Gasteiger partial charge >= 0.3 is 6.03 Å². The highest BCUT2D eigenvalue weighted by Crippen LogP contribution is 2.31. The molecule has 1 atom stereocenters. The molecule has 2 heterocycles. The van der Waals surface area contributed by atoms with Gasteiger partial charge in [-0.05, 0) is 65.0 Å². The van der Waals surface area contributed by atoms with Crippen LogP contribution in [0.15, 0.2) is 22.6 Å². The van der Waals surface area contributed by atoms with Crippen molar-refractivity contribution in [3.63, 3.8) is 0 Å². The van der Waals surface area contributed by atoms with Crippen LogP contribution in [0.25, 0.3) is 11.0 Å². The Hall–Kier alpha value is -2.21. The van der Waals surface area contributed by atoms with E-state index < -0.39 is 0 Å². The minimum absolute atomic E-state index is 0.139. The second kappa shape index (κ2) is 7.35. The molecule has 3 rings (SSSR count). The van der Waals surface area contributed by atoms with Gasteiger partial charge in [-0.1, -0.05) is 0 Å².